The predicted molar refractivity (Wildman–Crippen MR) is 82.7 cm³/mol. The zero-order valence-corrected chi connectivity index (χ0v) is 12.9. The lowest BCUT2D eigenvalue weighted by atomic mass is 10.1. The number of anilines is 1. The summed E-state index contributed by atoms with van der Waals surface area (Å²) in [4.78, 5) is 25.8. The molecule has 0 saturated carbocycles. The van der Waals surface area contributed by atoms with Crippen molar-refractivity contribution in [2.45, 2.75) is 6.54 Å². The van der Waals surface area contributed by atoms with Crippen LogP contribution in [0.3, 0.4) is 0 Å². The van der Waals surface area contributed by atoms with Crippen LogP contribution in [0.15, 0.2) is 46.9 Å². The number of benzene rings is 2. The largest absolute Gasteiger partial charge is 0.497 e. The van der Waals surface area contributed by atoms with Crippen LogP contribution >= 0.6 is 15.9 Å². The smallest absolute Gasteiger partial charge is 0.299 e. The van der Waals surface area contributed by atoms with Crippen molar-refractivity contribution in [3.05, 3.63) is 58.1 Å². The van der Waals surface area contributed by atoms with Crippen LogP contribution in [-0.4, -0.2) is 18.8 Å². The third-order valence-electron chi connectivity index (χ3n) is 3.41. The van der Waals surface area contributed by atoms with Gasteiger partial charge >= 0.3 is 0 Å². The number of carbonyl (C=O) groups excluding carboxylic acids is 2. The first-order chi connectivity index (χ1) is 10.1. The Morgan fingerprint density at radius 1 is 1.14 bits per heavy atom. The summed E-state index contributed by atoms with van der Waals surface area (Å²) in [5.41, 5.74) is 1.98. The molecule has 0 aliphatic carbocycles. The molecule has 106 valence electrons. The van der Waals surface area contributed by atoms with Crippen molar-refractivity contribution in [1.82, 2.24) is 0 Å². The molecule has 21 heavy (non-hydrogen) atoms. The molecule has 0 N–H and O–H groups in total. The van der Waals surface area contributed by atoms with Gasteiger partial charge in [0.25, 0.3) is 11.7 Å². The first-order valence-electron chi connectivity index (χ1n) is 6.39. The van der Waals surface area contributed by atoms with E-state index in [2.05, 4.69) is 15.9 Å². The van der Waals surface area contributed by atoms with Gasteiger partial charge in [-0.05, 0) is 35.9 Å². The summed E-state index contributed by atoms with van der Waals surface area (Å²) in [7, 11) is 1.53. The standard InChI is InChI=1S/C16H12BrNO3/c1-21-12-5-6-14-13(8-12)15(19)16(20)18(14)9-10-3-2-4-11(17)7-10/h2-8H,9H2,1H3. The summed E-state index contributed by atoms with van der Waals surface area (Å²) in [5, 5.41) is 0. The minimum absolute atomic E-state index is 0.364. The Hall–Kier alpha value is -2.14. The highest BCUT2D eigenvalue weighted by molar-refractivity contribution is 9.10. The third kappa shape index (κ3) is 2.45. The molecule has 1 aliphatic heterocycles. The van der Waals surface area contributed by atoms with Crippen molar-refractivity contribution in [3.8, 4) is 5.75 Å². The molecule has 0 saturated heterocycles. The van der Waals surface area contributed by atoms with Crippen molar-refractivity contribution in [2.75, 3.05) is 12.0 Å². The fourth-order valence-electron chi connectivity index (χ4n) is 2.38. The number of hydrogen-bond donors (Lipinski definition) is 0. The molecule has 1 aliphatic rings. The molecule has 2 aromatic rings. The van der Waals surface area contributed by atoms with Crippen LogP contribution in [0.25, 0.3) is 0 Å². The molecule has 0 bridgehead atoms. The van der Waals surface area contributed by atoms with Gasteiger partial charge in [0.1, 0.15) is 5.75 Å². The average molecular weight is 346 g/mol. The Balaban J connectivity index is 1.98. The number of hydrogen-bond acceptors (Lipinski definition) is 3. The van der Waals surface area contributed by atoms with E-state index >= 15 is 0 Å². The van der Waals surface area contributed by atoms with Gasteiger partial charge in [-0.2, -0.15) is 0 Å². The normalized spacial score (nSPS) is 13.5. The quantitative estimate of drug-likeness (QED) is 0.802. The number of methoxy groups -OCH3 is 1. The van der Waals surface area contributed by atoms with Gasteiger partial charge in [-0.25, -0.2) is 0 Å². The summed E-state index contributed by atoms with van der Waals surface area (Å²) in [6.45, 7) is 0.364. The molecule has 4 nitrogen and oxygen atoms in total. The molecule has 5 heteroatoms. The van der Waals surface area contributed by atoms with E-state index in [9.17, 15) is 9.59 Å². The van der Waals surface area contributed by atoms with Gasteiger partial charge in [0, 0.05) is 4.47 Å². The Morgan fingerprint density at radius 3 is 2.67 bits per heavy atom. The SMILES string of the molecule is COc1ccc2c(c1)C(=O)C(=O)N2Cc1cccc(Br)c1. The molecule has 0 aromatic heterocycles. The Kier molecular flexibility index (Phi) is 3.51. The van der Waals surface area contributed by atoms with E-state index in [4.69, 9.17) is 4.74 Å². The van der Waals surface area contributed by atoms with Crippen LogP contribution in [0.4, 0.5) is 5.69 Å². The number of amides is 1. The summed E-state index contributed by atoms with van der Waals surface area (Å²) in [6, 6.07) is 12.8. The van der Waals surface area contributed by atoms with Crippen LogP contribution in [-0.2, 0) is 11.3 Å². The highest BCUT2D eigenvalue weighted by Gasteiger charge is 2.36. The van der Waals surface area contributed by atoms with Gasteiger partial charge in [-0.3, -0.25) is 9.59 Å². The van der Waals surface area contributed by atoms with Gasteiger partial charge in [-0.1, -0.05) is 28.1 Å². The Morgan fingerprint density at radius 2 is 1.95 bits per heavy atom. The number of halogens is 1. The van der Waals surface area contributed by atoms with E-state index in [1.54, 1.807) is 18.2 Å². The van der Waals surface area contributed by atoms with Crippen molar-refractivity contribution < 1.29 is 14.3 Å². The molecule has 0 radical (unpaired) electrons. The predicted octanol–water partition coefficient (Wildman–Crippen LogP) is 3.19. The van der Waals surface area contributed by atoms with E-state index in [0.717, 1.165) is 10.0 Å². The number of fused-ring (bicyclic) bond motifs is 1. The van der Waals surface area contributed by atoms with Crippen LogP contribution in [0, 0.1) is 0 Å². The van der Waals surface area contributed by atoms with E-state index in [-0.39, 0.29) is 0 Å². The second-order valence-corrected chi connectivity index (χ2v) is 5.65. The lowest BCUT2D eigenvalue weighted by molar-refractivity contribution is -0.114. The zero-order valence-electron chi connectivity index (χ0n) is 11.3. The van der Waals surface area contributed by atoms with E-state index < -0.39 is 11.7 Å². The summed E-state index contributed by atoms with van der Waals surface area (Å²) < 4.78 is 6.04. The molecule has 1 amide bonds. The first-order valence-corrected chi connectivity index (χ1v) is 7.18. The zero-order chi connectivity index (χ0) is 15.0. The Labute approximate surface area is 130 Å². The number of ether oxygens (including phenoxy) is 1. The fourth-order valence-corrected chi connectivity index (χ4v) is 2.83. The molecule has 2 aromatic carbocycles. The molecule has 0 spiro atoms. The highest BCUT2D eigenvalue weighted by atomic mass is 79.9. The number of rotatable bonds is 3. The molecule has 0 unspecified atom stereocenters. The van der Waals surface area contributed by atoms with Gasteiger partial charge in [-0.15, -0.1) is 0 Å². The van der Waals surface area contributed by atoms with Crippen molar-refractivity contribution in [3.63, 3.8) is 0 Å². The topological polar surface area (TPSA) is 46.6 Å². The third-order valence-corrected chi connectivity index (χ3v) is 3.90. The van der Waals surface area contributed by atoms with Crippen LogP contribution in [0.1, 0.15) is 15.9 Å². The maximum atomic E-state index is 12.2. The lowest BCUT2D eigenvalue weighted by Crippen LogP contribution is -2.29. The monoisotopic (exact) mass is 345 g/mol. The second-order valence-electron chi connectivity index (χ2n) is 4.73. The second kappa shape index (κ2) is 5.33. The van der Waals surface area contributed by atoms with E-state index in [1.807, 2.05) is 24.3 Å². The van der Waals surface area contributed by atoms with E-state index in [1.165, 1.54) is 12.0 Å². The van der Waals surface area contributed by atoms with Crippen molar-refractivity contribution in [2.24, 2.45) is 0 Å². The van der Waals surface area contributed by atoms with Crippen LogP contribution in [0.2, 0.25) is 0 Å². The van der Waals surface area contributed by atoms with Gasteiger partial charge in [0.2, 0.25) is 0 Å². The molecular weight excluding hydrogens is 334 g/mol. The van der Waals surface area contributed by atoms with Crippen molar-refractivity contribution in [1.29, 1.82) is 0 Å². The molecule has 3 rings (SSSR count). The number of carbonyl (C=O) groups is 2. The summed E-state index contributed by atoms with van der Waals surface area (Å²) >= 11 is 3.40. The number of nitrogens with zero attached hydrogens (tertiary/aromatic N) is 1. The maximum absolute atomic E-state index is 12.2. The fraction of sp³-hybridized carbons (Fsp3) is 0.125. The van der Waals surface area contributed by atoms with Gasteiger partial charge < -0.3 is 9.64 Å². The van der Waals surface area contributed by atoms with Crippen LogP contribution < -0.4 is 9.64 Å². The first kappa shape index (κ1) is 13.8. The number of Topliss-reactive ketones (excluding diaryl/α,β-unsaturated/α-hetero) is 1. The highest BCUT2D eigenvalue weighted by Crippen LogP contribution is 2.33. The van der Waals surface area contributed by atoms with Gasteiger partial charge in [0.15, 0.2) is 0 Å². The van der Waals surface area contributed by atoms with E-state index in [0.29, 0.717) is 23.5 Å². The minimum Gasteiger partial charge on any atom is -0.497 e. The summed E-state index contributed by atoms with van der Waals surface area (Å²) in [5.74, 6) is -0.420. The lowest BCUT2D eigenvalue weighted by Gasteiger charge is -2.17. The molecular formula is C16H12BrNO3. The van der Waals surface area contributed by atoms with Crippen molar-refractivity contribution >= 4 is 33.3 Å². The maximum Gasteiger partial charge on any atom is 0.299 e. The number of ketones is 1. The molecule has 0 fully saturated rings. The summed E-state index contributed by atoms with van der Waals surface area (Å²) in [6.07, 6.45) is 0. The van der Waals surface area contributed by atoms with Gasteiger partial charge in [0.05, 0.1) is 24.9 Å². The minimum atomic E-state index is -0.502. The molecule has 1 heterocycles. The molecule has 0 atom stereocenters. The Bertz CT molecular complexity index is 742. The van der Waals surface area contributed by atoms with Crippen LogP contribution in [0.5, 0.6) is 5.75 Å². The average Bonchev–Trinajstić information content (AvgIpc) is 2.72.